The molecule has 0 aliphatic heterocycles. The van der Waals surface area contributed by atoms with Crippen LogP contribution in [0.4, 0.5) is 14.5 Å². The van der Waals surface area contributed by atoms with Crippen molar-refractivity contribution < 1.29 is 13.5 Å². The fourth-order valence-electron chi connectivity index (χ4n) is 2.59. The van der Waals surface area contributed by atoms with Gasteiger partial charge in [0.1, 0.15) is 29.9 Å². The van der Waals surface area contributed by atoms with E-state index in [2.05, 4.69) is 47.3 Å². The van der Waals surface area contributed by atoms with Gasteiger partial charge in [0.2, 0.25) is 5.96 Å². The van der Waals surface area contributed by atoms with Gasteiger partial charge in [-0.05, 0) is 58.8 Å². The molecule has 0 saturated carbocycles. The minimum Gasteiger partial charge on any atom is -0.358 e. The predicted octanol–water partition coefficient (Wildman–Crippen LogP) is 4.00. The van der Waals surface area contributed by atoms with Gasteiger partial charge in [0.05, 0.1) is 6.10 Å². The quantitative estimate of drug-likeness (QED) is 0.245. The fourth-order valence-corrected chi connectivity index (χ4v) is 2.59. The number of benzene rings is 1. The molecule has 0 atom stereocenters. The highest BCUT2D eigenvalue weighted by atomic mass is 19.1. The summed E-state index contributed by atoms with van der Waals surface area (Å²) in [6.45, 7) is 18.6. The Balaban J connectivity index is 2.89. The van der Waals surface area contributed by atoms with Gasteiger partial charge in [-0.1, -0.05) is 26.5 Å². The lowest BCUT2D eigenvalue weighted by Crippen LogP contribution is -2.37. The molecule has 0 amide bonds. The molecule has 8 heteroatoms. The first-order valence-electron chi connectivity index (χ1n) is 9.86. The van der Waals surface area contributed by atoms with Gasteiger partial charge in [-0.3, -0.25) is 9.89 Å². The Morgan fingerprint density at radius 2 is 1.83 bits per heavy atom. The van der Waals surface area contributed by atoms with Crippen LogP contribution in [0.5, 0.6) is 0 Å². The summed E-state index contributed by atoms with van der Waals surface area (Å²) in [6, 6.07) is 3.67. The third kappa shape index (κ3) is 8.29. The number of nitrogens with zero attached hydrogens (tertiary/aromatic N) is 4. The molecule has 0 bridgehead atoms. The van der Waals surface area contributed by atoms with Crippen molar-refractivity contribution in [1.29, 1.82) is 0 Å². The highest BCUT2D eigenvalue weighted by Gasteiger charge is 2.20. The third-order valence-corrected chi connectivity index (χ3v) is 4.26. The smallest absolute Gasteiger partial charge is 0.222 e. The van der Waals surface area contributed by atoms with Crippen LogP contribution in [0.3, 0.4) is 0 Å². The minimum atomic E-state index is -0.718. The van der Waals surface area contributed by atoms with Crippen molar-refractivity contribution in [3.8, 4) is 0 Å². The molecule has 0 heterocycles. The molecule has 162 valence electrons. The highest BCUT2D eigenvalue weighted by molar-refractivity contribution is 5.86. The number of rotatable bonds is 12. The monoisotopic (exact) mass is 409 g/mol. The van der Waals surface area contributed by atoms with Crippen molar-refractivity contribution in [3.05, 3.63) is 42.2 Å². The number of hydrogen-bond acceptors (Lipinski definition) is 4. The van der Waals surface area contributed by atoms with Crippen LogP contribution in [0, 0.1) is 11.6 Å². The van der Waals surface area contributed by atoms with Crippen molar-refractivity contribution in [2.45, 2.75) is 40.2 Å². The Morgan fingerprint density at radius 3 is 2.34 bits per heavy atom. The normalized spacial score (nSPS) is 11.8. The van der Waals surface area contributed by atoms with Crippen molar-refractivity contribution in [2.75, 3.05) is 37.8 Å². The summed E-state index contributed by atoms with van der Waals surface area (Å²) < 4.78 is 34.2. The molecule has 6 nitrogen and oxygen atoms in total. The van der Waals surface area contributed by atoms with Crippen molar-refractivity contribution >= 4 is 18.4 Å². The van der Waals surface area contributed by atoms with Crippen molar-refractivity contribution in [3.63, 3.8) is 0 Å². The number of aliphatic imine (C=N–C) groups is 2. The summed E-state index contributed by atoms with van der Waals surface area (Å²) in [5.41, 5.74) is -0.254. The molecule has 1 aromatic carbocycles. The molecule has 0 saturated heterocycles. The summed E-state index contributed by atoms with van der Waals surface area (Å²) >= 11 is 0. The Labute approximate surface area is 173 Å². The van der Waals surface area contributed by atoms with Crippen LogP contribution in [0.15, 0.2) is 40.6 Å². The van der Waals surface area contributed by atoms with Crippen LogP contribution in [-0.4, -0.2) is 56.6 Å². The van der Waals surface area contributed by atoms with E-state index in [1.54, 1.807) is 0 Å². The second-order valence-electron chi connectivity index (χ2n) is 6.66. The summed E-state index contributed by atoms with van der Waals surface area (Å²) in [5, 5.41) is 2.88. The Kier molecular flexibility index (Phi) is 11.1. The van der Waals surface area contributed by atoms with E-state index in [0.717, 1.165) is 26.1 Å². The number of anilines is 1. The summed E-state index contributed by atoms with van der Waals surface area (Å²) in [5.74, 6) is -1.01. The van der Waals surface area contributed by atoms with Crippen LogP contribution < -0.4 is 10.2 Å². The molecule has 0 unspecified atom stereocenters. The van der Waals surface area contributed by atoms with Gasteiger partial charge in [-0.25, -0.2) is 13.8 Å². The molecule has 0 fully saturated rings. The lowest BCUT2D eigenvalue weighted by molar-refractivity contribution is 0.0813. The molecule has 0 aliphatic rings. The topological polar surface area (TPSA) is 52.5 Å². The Morgan fingerprint density at radius 1 is 1.21 bits per heavy atom. The van der Waals surface area contributed by atoms with E-state index < -0.39 is 11.6 Å². The average Bonchev–Trinajstić information content (AvgIpc) is 2.68. The molecular formula is C21H33F2N5O. The fraction of sp³-hybridized carbons (Fsp3) is 0.524. The predicted molar refractivity (Wildman–Crippen MR) is 116 cm³/mol. The molecule has 1 aromatic rings. The van der Waals surface area contributed by atoms with Crippen LogP contribution in [-0.2, 0) is 4.74 Å². The Hall–Kier alpha value is -2.32. The van der Waals surface area contributed by atoms with Crippen molar-refractivity contribution in [2.24, 2.45) is 9.98 Å². The second-order valence-corrected chi connectivity index (χ2v) is 6.66. The van der Waals surface area contributed by atoms with Gasteiger partial charge >= 0.3 is 0 Å². The third-order valence-electron chi connectivity index (χ3n) is 4.26. The molecule has 0 aliphatic carbocycles. The first kappa shape index (κ1) is 24.7. The molecule has 1 rings (SSSR count). The van der Waals surface area contributed by atoms with Crippen molar-refractivity contribution in [1.82, 2.24) is 10.2 Å². The van der Waals surface area contributed by atoms with E-state index in [1.165, 1.54) is 23.1 Å². The van der Waals surface area contributed by atoms with Crippen LogP contribution in [0.2, 0.25) is 0 Å². The summed E-state index contributed by atoms with van der Waals surface area (Å²) in [7, 11) is 0. The van der Waals surface area contributed by atoms with Gasteiger partial charge in [0, 0.05) is 6.54 Å². The average molecular weight is 410 g/mol. The lowest BCUT2D eigenvalue weighted by Gasteiger charge is -2.28. The molecule has 0 spiro atoms. The zero-order chi connectivity index (χ0) is 21.8. The van der Waals surface area contributed by atoms with Crippen LogP contribution in [0.1, 0.15) is 34.1 Å². The van der Waals surface area contributed by atoms with Gasteiger partial charge in [-0.15, -0.1) is 0 Å². The number of hydrogen-bond donors (Lipinski definition) is 1. The second kappa shape index (κ2) is 13.0. The van der Waals surface area contributed by atoms with Gasteiger partial charge in [-0.2, -0.15) is 0 Å². The van der Waals surface area contributed by atoms with E-state index in [0.29, 0.717) is 6.54 Å². The molecule has 0 aromatic heterocycles. The van der Waals surface area contributed by atoms with Crippen LogP contribution in [0.25, 0.3) is 0 Å². The number of halogens is 2. The largest absolute Gasteiger partial charge is 0.358 e. The standard InChI is InChI=1S/C21H33F2N5O/c1-7-27(8-2)14-10-13-25-21(24-6)26-17(5)28(15-29-16(3)4)20-18(22)11-9-12-19(20)23/h9,11-12,16H,5-8,10,13-15H2,1-4H3,(H,25,26). The molecule has 0 radical (unpaired) electrons. The van der Waals surface area contributed by atoms with E-state index in [9.17, 15) is 8.78 Å². The van der Waals surface area contributed by atoms with E-state index in [-0.39, 0.29) is 30.3 Å². The van der Waals surface area contributed by atoms with E-state index in [1.807, 2.05) is 13.8 Å². The maximum Gasteiger partial charge on any atom is 0.222 e. The maximum atomic E-state index is 14.3. The zero-order valence-corrected chi connectivity index (χ0v) is 17.9. The van der Waals surface area contributed by atoms with Gasteiger partial charge in [0.15, 0.2) is 0 Å². The molecule has 29 heavy (non-hydrogen) atoms. The molecule has 1 N–H and O–H groups in total. The van der Waals surface area contributed by atoms with Crippen LogP contribution >= 0.6 is 0 Å². The van der Waals surface area contributed by atoms with E-state index in [4.69, 9.17) is 4.74 Å². The summed E-state index contributed by atoms with van der Waals surface area (Å²) in [4.78, 5) is 11.8. The maximum absolute atomic E-state index is 14.3. The summed E-state index contributed by atoms with van der Waals surface area (Å²) in [6.07, 6.45) is 0.725. The minimum absolute atomic E-state index is 0.0895. The SMILES string of the molecule is C=NC(=NCCCN(CC)CC)NC(=C)N(COC(C)C)c1c(F)cccc1F. The molecular weight excluding hydrogens is 376 g/mol. The number of guanidine groups is 1. The first-order chi connectivity index (χ1) is 13.8. The lowest BCUT2D eigenvalue weighted by atomic mass is 10.2. The number of para-hydroxylation sites is 1. The van der Waals surface area contributed by atoms with E-state index >= 15 is 0 Å². The highest BCUT2D eigenvalue weighted by Crippen LogP contribution is 2.25. The van der Waals surface area contributed by atoms with Gasteiger partial charge < -0.3 is 15.0 Å². The number of nitrogens with one attached hydrogen (secondary N) is 1. The first-order valence-corrected chi connectivity index (χ1v) is 9.86. The Bertz CT molecular complexity index is 669. The van der Waals surface area contributed by atoms with Gasteiger partial charge in [0.25, 0.3) is 0 Å². The number of ether oxygens (including phenoxy) is 1. The zero-order valence-electron chi connectivity index (χ0n) is 17.9.